The summed E-state index contributed by atoms with van der Waals surface area (Å²) in [5.74, 6) is 2.42. The van der Waals surface area contributed by atoms with Crippen LogP contribution in [0.1, 0.15) is 36.2 Å². The van der Waals surface area contributed by atoms with E-state index in [2.05, 4.69) is 26.2 Å². The monoisotopic (exact) mass is 308 g/mol. The molecule has 2 aliphatic rings. The molecule has 2 bridgehead atoms. The van der Waals surface area contributed by atoms with E-state index in [1.165, 1.54) is 25.7 Å². The van der Waals surface area contributed by atoms with E-state index in [9.17, 15) is 4.79 Å². The zero-order chi connectivity index (χ0) is 12.5. The molecular formula is C14H17BrN2O. The second kappa shape index (κ2) is 5.00. The number of nitrogens with one attached hydrogen (secondary N) is 1. The van der Waals surface area contributed by atoms with Gasteiger partial charge in [-0.15, -0.1) is 0 Å². The summed E-state index contributed by atoms with van der Waals surface area (Å²) in [4.78, 5) is 16.1. The SMILES string of the molecule is O=C(NCC1CC2CCC1C2)c1cccc(Br)n1. The van der Waals surface area contributed by atoms with E-state index in [0.29, 0.717) is 16.2 Å². The Hall–Kier alpha value is -0.900. The summed E-state index contributed by atoms with van der Waals surface area (Å²) in [6, 6.07) is 5.41. The van der Waals surface area contributed by atoms with Gasteiger partial charge < -0.3 is 5.32 Å². The van der Waals surface area contributed by atoms with E-state index in [-0.39, 0.29) is 5.91 Å². The van der Waals surface area contributed by atoms with Crippen molar-refractivity contribution in [3.63, 3.8) is 0 Å². The smallest absolute Gasteiger partial charge is 0.269 e. The van der Waals surface area contributed by atoms with Crippen LogP contribution in [-0.2, 0) is 0 Å². The lowest BCUT2D eigenvalue weighted by atomic mass is 9.89. The van der Waals surface area contributed by atoms with Gasteiger partial charge in [0.15, 0.2) is 0 Å². The van der Waals surface area contributed by atoms with E-state index in [1.807, 2.05) is 12.1 Å². The molecule has 18 heavy (non-hydrogen) atoms. The van der Waals surface area contributed by atoms with Gasteiger partial charge in [-0.2, -0.15) is 0 Å². The van der Waals surface area contributed by atoms with Crippen LogP contribution in [0.5, 0.6) is 0 Å². The standard InChI is InChI=1S/C14H17BrN2O/c15-13-3-1-2-12(17-13)14(18)16-8-11-7-9-4-5-10(11)6-9/h1-3,9-11H,4-8H2,(H,16,18). The van der Waals surface area contributed by atoms with Crippen molar-refractivity contribution >= 4 is 21.8 Å². The number of hydrogen-bond donors (Lipinski definition) is 1. The maximum absolute atomic E-state index is 12.0. The second-order valence-electron chi connectivity index (χ2n) is 5.49. The third-order valence-electron chi connectivity index (χ3n) is 4.36. The van der Waals surface area contributed by atoms with Gasteiger partial charge >= 0.3 is 0 Å². The predicted octanol–water partition coefficient (Wildman–Crippen LogP) is 3.01. The van der Waals surface area contributed by atoms with Gasteiger partial charge in [0.1, 0.15) is 10.3 Å². The summed E-state index contributed by atoms with van der Waals surface area (Å²) in [7, 11) is 0. The van der Waals surface area contributed by atoms with E-state index in [0.717, 1.165) is 18.4 Å². The fourth-order valence-electron chi connectivity index (χ4n) is 3.48. The summed E-state index contributed by atoms with van der Waals surface area (Å²) in [5.41, 5.74) is 0.493. The molecule has 1 aromatic heterocycles. The molecule has 3 nitrogen and oxygen atoms in total. The van der Waals surface area contributed by atoms with Crippen molar-refractivity contribution in [1.29, 1.82) is 0 Å². The molecule has 2 aliphatic carbocycles. The molecule has 3 atom stereocenters. The average Bonchev–Trinajstić information content (AvgIpc) is 2.98. The number of nitrogens with zero attached hydrogens (tertiary/aromatic N) is 1. The van der Waals surface area contributed by atoms with Gasteiger partial charge in [-0.25, -0.2) is 4.98 Å². The molecule has 3 rings (SSSR count). The van der Waals surface area contributed by atoms with Crippen LogP contribution in [0.2, 0.25) is 0 Å². The summed E-state index contributed by atoms with van der Waals surface area (Å²) in [6.45, 7) is 0.814. The van der Waals surface area contributed by atoms with Crippen LogP contribution in [0.15, 0.2) is 22.8 Å². The van der Waals surface area contributed by atoms with E-state index in [1.54, 1.807) is 6.07 Å². The minimum atomic E-state index is -0.0564. The van der Waals surface area contributed by atoms with Crippen molar-refractivity contribution < 1.29 is 4.79 Å². The summed E-state index contributed by atoms with van der Waals surface area (Å²) in [5, 5.41) is 3.03. The van der Waals surface area contributed by atoms with Crippen molar-refractivity contribution in [2.75, 3.05) is 6.54 Å². The Labute approximate surface area is 116 Å². The van der Waals surface area contributed by atoms with Gasteiger partial charge in [-0.05, 0) is 65.1 Å². The molecule has 0 aliphatic heterocycles. The predicted molar refractivity (Wildman–Crippen MR) is 73.2 cm³/mol. The van der Waals surface area contributed by atoms with Crippen LogP contribution >= 0.6 is 15.9 Å². The van der Waals surface area contributed by atoms with Crippen molar-refractivity contribution in [3.05, 3.63) is 28.5 Å². The molecule has 0 aromatic carbocycles. The van der Waals surface area contributed by atoms with Crippen molar-refractivity contribution in [2.24, 2.45) is 17.8 Å². The third kappa shape index (κ3) is 2.44. The van der Waals surface area contributed by atoms with Crippen molar-refractivity contribution in [1.82, 2.24) is 10.3 Å². The van der Waals surface area contributed by atoms with Crippen LogP contribution in [0, 0.1) is 17.8 Å². The Balaban J connectivity index is 1.56. The Morgan fingerprint density at radius 2 is 2.28 bits per heavy atom. The summed E-state index contributed by atoms with van der Waals surface area (Å²) >= 11 is 3.28. The lowest BCUT2D eigenvalue weighted by Crippen LogP contribution is -2.32. The van der Waals surface area contributed by atoms with Gasteiger partial charge in [-0.3, -0.25) is 4.79 Å². The van der Waals surface area contributed by atoms with E-state index < -0.39 is 0 Å². The molecule has 96 valence electrons. The first-order valence-electron chi connectivity index (χ1n) is 6.63. The lowest BCUT2D eigenvalue weighted by Gasteiger charge is -2.21. The zero-order valence-electron chi connectivity index (χ0n) is 10.2. The first-order chi connectivity index (χ1) is 8.72. The van der Waals surface area contributed by atoms with Crippen LogP contribution < -0.4 is 5.32 Å². The number of carbonyl (C=O) groups excluding carboxylic acids is 1. The highest BCUT2D eigenvalue weighted by molar-refractivity contribution is 9.10. The molecule has 0 spiro atoms. The number of carbonyl (C=O) groups is 1. The third-order valence-corrected chi connectivity index (χ3v) is 4.80. The minimum Gasteiger partial charge on any atom is -0.350 e. The highest BCUT2D eigenvalue weighted by Crippen LogP contribution is 2.47. The van der Waals surface area contributed by atoms with E-state index in [4.69, 9.17) is 0 Å². The Morgan fingerprint density at radius 3 is 2.94 bits per heavy atom. The quantitative estimate of drug-likeness (QED) is 0.872. The molecule has 1 amide bonds. The molecule has 4 heteroatoms. The molecule has 1 heterocycles. The molecule has 0 saturated heterocycles. The second-order valence-corrected chi connectivity index (χ2v) is 6.30. The highest BCUT2D eigenvalue weighted by Gasteiger charge is 2.39. The maximum Gasteiger partial charge on any atom is 0.269 e. The zero-order valence-corrected chi connectivity index (χ0v) is 11.8. The number of pyridine rings is 1. The number of amides is 1. The fourth-order valence-corrected chi connectivity index (χ4v) is 3.82. The molecular weight excluding hydrogens is 292 g/mol. The average molecular weight is 309 g/mol. The molecule has 3 unspecified atom stereocenters. The van der Waals surface area contributed by atoms with Gasteiger partial charge in [0.2, 0.25) is 0 Å². The molecule has 0 radical (unpaired) electrons. The Bertz CT molecular complexity index is 463. The Morgan fingerprint density at radius 1 is 1.39 bits per heavy atom. The minimum absolute atomic E-state index is 0.0564. The molecule has 2 fully saturated rings. The lowest BCUT2D eigenvalue weighted by molar-refractivity contribution is 0.0936. The van der Waals surface area contributed by atoms with Crippen molar-refractivity contribution in [2.45, 2.75) is 25.7 Å². The number of aromatic nitrogens is 1. The van der Waals surface area contributed by atoms with Crippen LogP contribution in [0.25, 0.3) is 0 Å². The number of hydrogen-bond acceptors (Lipinski definition) is 2. The summed E-state index contributed by atoms with van der Waals surface area (Å²) < 4.78 is 0.704. The molecule has 1 N–H and O–H groups in total. The molecule has 2 saturated carbocycles. The van der Waals surface area contributed by atoms with E-state index >= 15 is 0 Å². The van der Waals surface area contributed by atoms with Crippen molar-refractivity contribution in [3.8, 4) is 0 Å². The summed E-state index contributed by atoms with van der Waals surface area (Å²) in [6.07, 6.45) is 5.45. The first-order valence-corrected chi connectivity index (χ1v) is 7.42. The maximum atomic E-state index is 12.0. The largest absolute Gasteiger partial charge is 0.350 e. The molecule has 1 aromatic rings. The first kappa shape index (κ1) is 12.2. The fraction of sp³-hybridized carbons (Fsp3) is 0.571. The number of fused-ring (bicyclic) bond motifs is 2. The number of halogens is 1. The van der Waals surface area contributed by atoms with Gasteiger partial charge in [-0.1, -0.05) is 12.5 Å². The number of rotatable bonds is 3. The van der Waals surface area contributed by atoms with Crippen LogP contribution in [-0.4, -0.2) is 17.4 Å². The highest BCUT2D eigenvalue weighted by atomic mass is 79.9. The van der Waals surface area contributed by atoms with Crippen LogP contribution in [0.3, 0.4) is 0 Å². The topological polar surface area (TPSA) is 42.0 Å². The normalized spacial score (nSPS) is 29.5. The van der Waals surface area contributed by atoms with Crippen LogP contribution in [0.4, 0.5) is 0 Å². The van der Waals surface area contributed by atoms with Gasteiger partial charge in [0, 0.05) is 6.54 Å². The Kier molecular flexibility index (Phi) is 3.37. The van der Waals surface area contributed by atoms with Gasteiger partial charge in [0.25, 0.3) is 5.91 Å². The van der Waals surface area contributed by atoms with Gasteiger partial charge in [0.05, 0.1) is 0 Å².